The third-order valence-corrected chi connectivity index (χ3v) is 6.22. The zero-order valence-corrected chi connectivity index (χ0v) is 15.3. The molecule has 0 radical (unpaired) electrons. The average molecular weight is 351 g/mol. The van der Waals surface area contributed by atoms with Crippen LogP contribution < -0.4 is 9.62 Å². The van der Waals surface area contributed by atoms with Crippen LogP contribution in [0.1, 0.15) is 35.7 Å². The molecule has 6 nitrogen and oxygen atoms in total. The van der Waals surface area contributed by atoms with Gasteiger partial charge < -0.3 is 10.2 Å². The summed E-state index contributed by atoms with van der Waals surface area (Å²) in [6.45, 7) is 3.39. The predicted octanol–water partition coefficient (Wildman–Crippen LogP) is 1.22. The minimum absolute atomic E-state index is 0.0307. The molecule has 0 aromatic heterocycles. The second-order valence-electron chi connectivity index (χ2n) is 6.83. The van der Waals surface area contributed by atoms with Gasteiger partial charge in [0.15, 0.2) is 0 Å². The maximum Gasteiger partial charge on any atom is 0.253 e. The minimum Gasteiger partial charge on any atom is -0.337 e. The topological polar surface area (TPSA) is 69.7 Å². The number of likely N-dealkylation sites (tertiary alicyclic amines) is 1. The third-order valence-electron chi connectivity index (χ3n) is 4.95. The van der Waals surface area contributed by atoms with Crippen molar-refractivity contribution in [3.8, 4) is 0 Å². The Labute approximate surface area is 143 Å². The van der Waals surface area contributed by atoms with Crippen LogP contribution in [0.2, 0.25) is 0 Å². The van der Waals surface area contributed by atoms with Crippen LogP contribution in [0.15, 0.2) is 18.2 Å². The molecule has 0 bridgehead atoms. The molecule has 2 aliphatic heterocycles. The lowest BCUT2D eigenvalue weighted by atomic mass is 10.0. The molecule has 3 rings (SSSR count). The average Bonchev–Trinajstić information content (AvgIpc) is 2.89. The summed E-state index contributed by atoms with van der Waals surface area (Å²) in [6, 6.07) is 5.62. The highest BCUT2D eigenvalue weighted by Gasteiger charge is 2.33. The number of hydrogen-bond acceptors (Lipinski definition) is 4. The van der Waals surface area contributed by atoms with E-state index in [1.165, 1.54) is 10.6 Å². The number of fused-ring (bicyclic) bond motifs is 1. The Kier molecular flexibility index (Phi) is 4.57. The van der Waals surface area contributed by atoms with Crippen molar-refractivity contribution in [2.45, 2.75) is 38.3 Å². The zero-order valence-electron chi connectivity index (χ0n) is 14.4. The Morgan fingerprint density at radius 1 is 1.33 bits per heavy atom. The van der Waals surface area contributed by atoms with Gasteiger partial charge in [-0.1, -0.05) is 0 Å². The SMILES string of the molecule is CNC1CCCN(C(=O)c2ccc3c(c2)CC(C)N3S(C)(=O)=O)C1. The summed E-state index contributed by atoms with van der Waals surface area (Å²) in [6.07, 6.45) is 3.96. The quantitative estimate of drug-likeness (QED) is 0.889. The lowest BCUT2D eigenvalue weighted by molar-refractivity contribution is 0.0698. The summed E-state index contributed by atoms with van der Waals surface area (Å²) in [7, 11) is -1.37. The second-order valence-corrected chi connectivity index (χ2v) is 8.69. The van der Waals surface area contributed by atoms with Crippen molar-refractivity contribution >= 4 is 21.6 Å². The molecule has 2 unspecified atom stereocenters. The van der Waals surface area contributed by atoms with E-state index in [2.05, 4.69) is 5.32 Å². The van der Waals surface area contributed by atoms with Crippen molar-refractivity contribution < 1.29 is 13.2 Å². The van der Waals surface area contributed by atoms with Crippen molar-refractivity contribution in [3.05, 3.63) is 29.3 Å². The van der Waals surface area contributed by atoms with Crippen molar-refractivity contribution in [2.75, 3.05) is 30.7 Å². The Morgan fingerprint density at radius 2 is 2.08 bits per heavy atom. The standard InChI is InChI=1S/C17H25N3O3S/c1-12-9-14-10-13(6-7-16(14)20(12)24(3,22)23)17(21)19-8-4-5-15(11-19)18-2/h6-7,10,12,15,18H,4-5,8-9,11H2,1-3H3. The molecular weight excluding hydrogens is 326 g/mol. The second kappa shape index (κ2) is 6.37. The Bertz CT molecular complexity index is 747. The van der Waals surface area contributed by atoms with E-state index in [4.69, 9.17) is 0 Å². The number of anilines is 1. The maximum atomic E-state index is 12.8. The van der Waals surface area contributed by atoms with E-state index in [-0.39, 0.29) is 11.9 Å². The van der Waals surface area contributed by atoms with Gasteiger partial charge in [-0.05, 0) is 57.0 Å². The van der Waals surface area contributed by atoms with E-state index in [1.54, 1.807) is 12.1 Å². The minimum atomic E-state index is -3.30. The van der Waals surface area contributed by atoms with Gasteiger partial charge in [0, 0.05) is 30.7 Å². The summed E-state index contributed by atoms with van der Waals surface area (Å²) >= 11 is 0. The molecule has 1 N–H and O–H groups in total. The van der Waals surface area contributed by atoms with Gasteiger partial charge in [-0.25, -0.2) is 8.42 Å². The number of amides is 1. The van der Waals surface area contributed by atoms with E-state index in [1.807, 2.05) is 24.9 Å². The molecule has 24 heavy (non-hydrogen) atoms. The first-order valence-corrected chi connectivity index (χ1v) is 10.2. The summed E-state index contributed by atoms with van der Waals surface area (Å²) in [4.78, 5) is 14.7. The van der Waals surface area contributed by atoms with Gasteiger partial charge >= 0.3 is 0 Å². The molecule has 7 heteroatoms. The normalized spacial score (nSPS) is 24.1. The van der Waals surface area contributed by atoms with E-state index >= 15 is 0 Å². The summed E-state index contributed by atoms with van der Waals surface area (Å²) in [5, 5.41) is 3.24. The highest BCUT2D eigenvalue weighted by Crippen LogP contribution is 2.35. The van der Waals surface area contributed by atoms with E-state index < -0.39 is 10.0 Å². The fourth-order valence-electron chi connectivity index (χ4n) is 3.82. The fraction of sp³-hybridized carbons (Fsp3) is 0.588. The first-order chi connectivity index (χ1) is 11.3. The van der Waals surface area contributed by atoms with Crippen LogP contribution in [0.25, 0.3) is 0 Å². The van der Waals surface area contributed by atoms with Crippen LogP contribution in [-0.4, -0.2) is 57.7 Å². The van der Waals surface area contributed by atoms with Crippen LogP contribution in [0.5, 0.6) is 0 Å². The molecule has 2 aliphatic rings. The van der Waals surface area contributed by atoms with Crippen molar-refractivity contribution in [1.29, 1.82) is 0 Å². The zero-order chi connectivity index (χ0) is 17.5. The van der Waals surface area contributed by atoms with Crippen LogP contribution >= 0.6 is 0 Å². The molecule has 1 aromatic carbocycles. The van der Waals surface area contributed by atoms with Crippen LogP contribution in [0, 0.1) is 0 Å². The maximum absolute atomic E-state index is 12.8. The number of nitrogens with one attached hydrogen (secondary N) is 1. The summed E-state index contributed by atoms with van der Waals surface area (Å²) in [5.74, 6) is 0.0307. The van der Waals surface area contributed by atoms with Crippen molar-refractivity contribution in [3.63, 3.8) is 0 Å². The van der Waals surface area contributed by atoms with Gasteiger partial charge in [0.25, 0.3) is 5.91 Å². The molecule has 1 fully saturated rings. The monoisotopic (exact) mass is 351 g/mol. The van der Waals surface area contributed by atoms with Gasteiger partial charge in [0.1, 0.15) is 0 Å². The molecule has 1 saturated heterocycles. The highest BCUT2D eigenvalue weighted by molar-refractivity contribution is 7.92. The predicted molar refractivity (Wildman–Crippen MR) is 94.9 cm³/mol. The number of benzene rings is 1. The largest absolute Gasteiger partial charge is 0.337 e. The van der Waals surface area contributed by atoms with Gasteiger partial charge in [0.2, 0.25) is 10.0 Å². The molecule has 1 aromatic rings. The number of nitrogens with zero attached hydrogens (tertiary/aromatic N) is 2. The Morgan fingerprint density at radius 3 is 2.75 bits per heavy atom. The lowest BCUT2D eigenvalue weighted by Gasteiger charge is -2.32. The lowest BCUT2D eigenvalue weighted by Crippen LogP contribution is -2.46. The first kappa shape index (κ1) is 17.2. The van der Waals surface area contributed by atoms with E-state index in [0.29, 0.717) is 23.7 Å². The molecule has 2 atom stereocenters. The van der Waals surface area contributed by atoms with Gasteiger partial charge in [0.05, 0.1) is 11.9 Å². The number of rotatable bonds is 3. The van der Waals surface area contributed by atoms with E-state index in [0.717, 1.165) is 31.5 Å². The Balaban J connectivity index is 1.85. The van der Waals surface area contributed by atoms with Gasteiger partial charge in [-0.15, -0.1) is 0 Å². The van der Waals surface area contributed by atoms with E-state index in [9.17, 15) is 13.2 Å². The van der Waals surface area contributed by atoms with Crippen molar-refractivity contribution in [1.82, 2.24) is 10.2 Å². The number of piperidine rings is 1. The molecule has 0 aliphatic carbocycles. The van der Waals surface area contributed by atoms with Crippen LogP contribution in [0.4, 0.5) is 5.69 Å². The number of carbonyl (C=O) groups is 1. The molecule has 1 amide bonds. The number of likely N-dealkylation sites (N-methyl/N-ethyl adjacent to an activating group) is 1. The van der Waals surface area contributed by atoms with Crippen LogP contribution in [0.3, 0.4) is 0 Å². The first-order valence-electron chi connectivity index (χ1n) is 8.40. The molecule has 0 spiro atoms. The highest BCUT2D eigenvalue weighted by atomic mass is 32.2. The molecule has 132 valence electrons. The summed E-state index contributed by atoms with van der Waals surface area (Å²) in [5.41, 5.74) is 2.28. The number of carbonyl (C=O) groups excluding carboxylic acids is 1. The number of sulfonamides is 1. The molecule has 2 heterocycles. The molecular formula is C17H25N3O3S. The van der Waals surface area contributed by atoms with Crippen molar-refractivity contribution in [2.24, 2.45) is 0 Å². The summed E-state index contributed by atoms with van der Waals surface area (Å²) < 4.78 is 25.4. The molecule has 0 saturated carbocycles. The fourth-order valence-corrected chi connectivity index (χ4v) is 5.08. The number of hydrogen-bond donors (Lipinski definition) is 1. The van der Waals surface area contributed by atoms with Crippen LogP contribution in [-0.2, 0) is 16.4 Å². The Hall–Kier alpha value is -1.60. The van der Waals surface area contributed by atoms with Gasteiger partial charge in [-0.3, -0.25) is 9.10 Å². The van der Waals surface area contributed by atoms with Gasteiger partial charge in [-0.2, -0.15) is 0 Å². The third kappa shape index (κ3) is 3.15. The smallest absolute Gasteiger partial charge is 0.253 e.